The van der Waals surface area contributed by atoms with Crippen LogP contribution in [0.25, 0.3) is 10.7 Å². The van der Waals surface area contributed by atoms with Crippen molar-refractivity contribution in [1.29, 1.82) is 0 Å². The molecule has 0 radical (unpaired) electrons. The lowest BCUT2D eigenvalue weighted by molar-refractivity contribution is -0.147. The summed E-state index contributed by atoms with van der Waals surface area (Å²) in [4.78, 5) is 20.3. The first-order valence-electron chi connectivity index (χ1n) is 6.22. The molecule has 0 saturated carbocycles. The van der Waals surface area contributed by atoms with E-state index in [-0.39, 0.29) is 5.97 Å². The van der Waals surface area contributed by atoms with E-state index in [0.29, 0.717) is 6.54 Å². The second kappa shape index (κ2) is 6.11. The number of ether oxygens (including phenoxy) is 1. The first kappa shape index (κ1) is 14.6. The van der Waals surface area contributed by atoms with Crippen molar-refractivity contribution in [3.63, 3.8) is 0 Å². The number of rotatable bonds is 5. The van der Waals surface area contributed by atoms with Crippen LogP contribution in [0.5, 0.6) is 0 Å². The lowest BCUT2D eigenvalue weighted by Crippen LogP contribution is -2.47. The monoisotopic (exact) mass is 291 g/mol. The lowest BCUT2D eigenvalue weighted by atomic mass is 10.1. The first-order valence-corrected chi connectivity index (χ1v) is 7.10. The predicted octanol–water partition coefficient (Wildman–Crippen LogP) is 2.25. The summed E-state index contributed by atoms with van der Waals surface area (Å²) in [6.45, 7) is 4.07. The Kier molecular flexibility index (Phi) is 4.46. The fraction of sp³-hybridized carbons (Fsp3) is 0.357. The number of methoxy groups -OCH3 is 1. The normalized spacial score (nSPS) is 11.3. The molecule has 0 bridgehead atoms. The Morgan fingerprint density at radius 1 is 1.45 bits per heavy atom. The van der Waals surface area contributed by atoms with E-state index < -0.39 is 5.54 Å². The van der Waals surface area contributed by atoms with Crippen LogP contribution in [0, 0.1) is 0 Å². The van der Waals surface area contributed by atoms with Gasteiger partial charge in [-0.15, -0.1) is 11.3 Å². The number of esters is 1. The third kappa shape index (κ3) is 3.40. The van der Waals surface area contributed by atoms with E-state index in [2.05, 4.69) is 15.3 Å². The number of hydrogen-bond donors (Lipinski definition) is 1. The Morgan fingerprint density at radius 3 is 2.90 bits per heavy atom. The van der Waals surface area contributed by atoms with Gasteiger partial charge >= 0.3 is 5.97 Å². The van der Waals surface area contributed by atoms with Gasteiger partial charge in [0.25, 0.3) is 0 Å². The zero-order valence-corrected chi connectivity index (χ0v) is 12.5. The summed E-state index contributed by atoms with van der Waals surface area (Å²) < 4.78 is 4.75. The number of thiazole rings is 1. The summed E-state index contributed by atoms with van der Waals surface area (Å²) in [5.74, 6) is -0.294. The number of carbonyl (C=O) groups excluding carboxylic acids is 1. The van der Waals surface area contributed by atoms with Crippen LogP contribution < -0.4 is 5.32 Å². The summed E-state index contributed by atoms with van der Waals surface area (Å²) in [6.07, 6.45) is 1.75. The van der Waals surface area contributed by atoms with Crippen LogP contribution in [0.4, 0.5) is 0 Å². The first-order chi connectivity index (χ1) is 9.53. The predicted molar refractivity (Wildman–Crippen MR) is 78.3 cm³/mol. The highest BCUT2D eigenvalue weighted by molar-refractivity contribution is 7.13. The molecule has 0 unspecified atom stereocenters. The lowest BCUT2D eigenvalue weighted by Gasteiger charge is -2.22. The second-order valence-corrected chi connectivity index (χ2v) is 5.69. The molecule has 106 valence electrons. The zero-order chi connectivity index (χ0) is 14.6. The Hall–Kier alpha value is -1.79. The molecule has 6 heteroatoms. The smallest absolute Gasteiger partial charge is 0.325 e. The molecule has 2 rings (SSSR count). The molecule has 20 heavy (non-hydrogen) atoms. The van der Waals surface area contributed by atoms with Crippen LogP contribution in [0.2, 0.25) is 0 Å². The minimum absolute atomic E-state index is 0.294. The van der Waals surface area contributed by atoms with Gasteiger partial charge in [-0.2, -0.15) is 0 Å². The summed E-state index contributed by atoms with van der Waals surface area (Å²) in [7, 11) is 1.38. The van der Waals surface area contributed by atoms with Crippen molar-refractivity contribution in [2.24, 2.45) is 0 Å². The Balaban J connectivity index is 2.02. The van der Waals surface area contributed by atoms with E-state index in [4.69, 9.17) is 4.74 Å². The summed E-state index contributed by atoms with van der Waals surface area (Å²) in [6, 6.07) is 5.73. The van der Waals surface area contributed by atoms with Crippen LogP contribution >= 0.6 is 11.3 Å². The standard InChI is InChI=1S/C14H17N3O2S/c1-14(2,13(18)19-3)16-8-10-9-20-12(17-10)11-6-4-5-7-15-11/h4-7,9,16H,8H2,1-3H3. The maximum atomic E-state index is 11.6. The van der Waals surface area contributed by atoms with Gasteiger partial charge < -0.3 is 4.74 Å². The van der Waals surface area contributed by atoms with Gasteiger partial charge in [0.1, 0.15) is 10.5 Å². The molecule has 0 amide bonds. The van der Waals surface area contributed by atoms with Gasteiger partial charge in [-0.3, -0.25) is 15.1 Å². The Labute approximate surface area is 122 Å². The minimum atomic E-state index is -0.733. The molecular weight excluding hydrogens is 274 g/mol. The topological polar surface area (TPSA) is 64.1 Å². The van der Waals surface area contributed by atoms with Crippen molar-refractivity contribution in [2.75, 3.05) is 7.11 Å². The van der Waals surface area contributed by atoms with E-state index in [1.54, 1.807) is 20.0 Å². The molecule has 0 aliphatic carbocycles. The van der Waals surface area contributed by atoms with Gasteiger partial charge in [-0.25, -0.2) is 4.98 Å². The highest BCUT2D eigenvalue weighted by Gasteiger charge is 2.27. The maximum Gasteiger partial charge on any atom is 0.325 e. The van der Waals surface area contributed by atoms with E-state index in [1.807, 2.05) is 23.6 Å². The van der Waals surface area contributed by atoms with Crippen LogP contribution in [0.15, 0.2) is 29.8 Å². The average molecular weight is 291 g/mol. The molecule has 0 aromatic carbocycles. The maximum absolute atomic E-state index is 11.6. The molecule has 5 nitrogen and oxygen atoms in total. The van der Waals surface area contributed by atoms with E-state index in [1.165, 1.54) is 18.4 Å². The molecule has 2 aromatic rings. The molecule has 0 aliphatic heterocycles. The van der Waals surface area contributed by atoms with E-state index in [0.717, 1.165) is 16.4 Å². The molecule has 2 aromatic heterocycles. The van der Waals surface area contributed by atoms with Gasteiger partial charge in [0.2, 0.25) is 0 Å². The third-order valence-corrected chi connectivity index (χ3v) is 3.76. The van der Waals surface area contributed by atoms with E-state index >= 15 is 0 Å². The zero-order valence-electron chi connectivity index (χ0n) is 11.7. The van der Waals surface area contributed by atoms with Crippen LogP contribution in [-0.4, -0.2) is 28.6 Å². The summed E-state index contributed by atoms with van der Waals surface area (Å²) in [5, 5.41) is 5.98. The average Bonchev–Trinajstić information content (AvgIpc) is 2.94. The molecule has 0 saturated heterocycles. The fourth-order valence-corrected chi connectivity index (χ4v) is 2.43. The summed E-state index contributed by atoms with van der Waals surface area (Å²) >= 11 is 1.54. The van der Waals surface area contributed by atoms with Gasteiger partial charge in [0, 0.05) is 18.1 Å². The number of nitrogens with zero attached hydrogens (tertiary/aromatic N) is 2. The van der Waals surface area contributed by atoms with Crippen LogP contribution in [-0.2, 0) is 16.1 Å². The number of pyridine rings is 1. The quantitative estimate of drug-likeness (QED) is 0.856. The van der Waals surface area contributed by atoms with Crippen molar-refractivity contribution in [3.8, 4) is 10.7 Å². The Bertz CT molecular complexity index is 581. The number of nitrogens with one attached hydrogen (secondary N) is 1. The highest BCUT2D eigenvalue weighted by atomic mass is 32.1. The van der Waals surface area contributed by atoms with Crippen LogP contribution in [0.1, 0.15) is 19.5 Å². The van der Waals surface area contributed by atoms with Crippen molar-refractivity contribution < 1.29 is 9.53 Å². The van der Waals surface area contributed by atoms with Gasteiger partial charge in [0.15, 0.2) is 0 Å². The number of hydrogen-bond acceptors (Lipinski definition) is 6. The van der Waals surface area contributed by atoms with E-state index in [9.17, 15) is 4.79 Å². The Morgan fingerprint density at radius 2 is 2.25 bits per heavy atom. The highest BCUT2D eigenvalue weighted by Crippen LogP contribution is 2.21. The molecule has 0 fully saturated rings. The molecule has 1 N–H and O–H groups in total. The van der Waals surface area contributed by atoms with Crippen LogP contribution in [0.3, 0.4) is 0 Å². The molecule has 0 spiro atoms. The largest absolute Gasteiger partial charge is 0.468 e. The SMILES string of the molecule is COC(=O)C(C)(C)NCc1csc(-c2ccccn2)n1. The molecule has 0 aliphatic rings. The second-order valence-electron chi connectivity index (χ2n) is 4.83. The third-order valence-electron chi connectivity index (χ3n) is 2.84. The number of carbonyl (C=O) groups is 1. The van der Waals surface area contributed by atoms with Gasteiger partial charge in [-0.1, -0.05) is 6.07 Å². The number of aromatic nitrogens is 2. The molecular formula is C14H17N3O2S. The minimum Gasteiger partial charge on any atom is -0.468 e. The van der Waals surface area contributed by atoms with Gasteiger partial charge in [0.05, 0.1) is 18.5 Å². The van der Waals surface area contributed by atoms with Crippen molar-refractivity contribution in [3.05, 3.63) is 35.5 Å². The van der Waals surface area contributed by atoms with Crippen molar-refractivity contribution >= 4 is 17.3 Å². The fourth-order valence-electron chi connectivity index (χ4n) is 1.63. The summed E-state index contributed by atoms with van der Waals surface area (Å²) in [5.41, 5.74) is 1.01. The van der Waals surface area contributed by atoms with Crippen molar-refractivity contribution in [2.45, 2.75) is 25.9 Å². The molecule has 2 heterocycles. The molecule has 0 atom stereocenters. The van der Waals surface area contributed by atoms with Gasteiger partial charge in [-0.05, 0) is 26.0 Å². The van der Waals surface area contributed by atoms with Crippen molar-refractivity contribution in [1.82, 2.24) is 15.3 Å².